The third-order valence-corrected chi connectivity index (χ3v) is 5.45. The topological polar surface area (TPSA) is 90.2 Å². The predicted molar refractivity (Wildman–Crippen MR) is 127 cm³/mol. The molecule has 0 saturated heterocycles. The highest BCUT2D eigenvalue weighted by Crippen LogP contribution is 2.34. The van der Waals surface area contributed by atoms with Crippen LogP contribution in [0.25, 0.3) is 0 Å². The molecule has 0 heterocycles. The molecule has 0 aliphatic rings. The van der Waals surface area contributed by atoms with E-state index >= 15 is 0 Å². The monoisotopic (exact) mass is 442 g/mol. The van der Waals surface area contributed by atoms with E-state index in [1.807, 2.05) is 36.4 Å². The quantitative estimate of drug-likeness (QED) is 0.274. The molecule has 168 valence electrons. The van der Waals surface area contributed by atoms with Gasteiger partial charge in [-0.2, -0.15) is 0 Å². The molecule has 0 radical (unpaired) electrons. The molecule has 0 saturated carbocycles. The number of hydrogen-bond donors (Lipinski definition) is 4. The van der Waals surface area contributed by atoms with Gasteiger partial charge in [0.05, 0.1) is 0 Å². The number of ether oxygens (including phenoxy) is 1. The van der Waals surface area contributed by atoms with Gasteiger partial charge in [0.15, 0.2) is 11.5 Å². The molecule has 4 aromatic carbocycles. The molecule has 0 aliphatic heterocycles. The smallest absolute Gasteiger partial charge is 0.169 e. The molecule has 33 heavy (non-hydrogen) atoms. The van der Waals surface area contributed by atoms with Crippen molar-refractivity contribution in [2.45, 2.75) is 25.7 Å². The zero-order valence-electron chi connectivity index (χ0n) is 18.1. The van der Waals surface area contributed by atoms with Gasteiger partial charge in [-0.15, -0.1) is 0 Å². The van der Waals surface area contributed by atoms with Gasteiger partial charge in [0.1, 0.15) is 23.0 Å². The Morgan fingerprint density at radius 1 is 0.485 bits per heavy atom. The third kappa shape index (κ3) is 6.20. The minimum Gasteiger partial charge on any atom is -0.508 e. The Labute approximate surface area is 192 Å². The molecule has 0 bridgehead atoms. The van der Waals surface area contributed by atoms with Gasteiger partial charge in [-0.1, -0.05) is 30.3 Å². The fourth-order valence-electron chi connectivity index (χ4n) is 3.72. The number of aromatic hydroxyl groups is 4. The van der Waals surface area contributed by atoms with E-state index in [0.29, 0.717) is 17.9 Å². The van der Waals surface area contributed by atoms with Crippen molar-refractivity contribution in [3.05, 3.63) is 107 Å². The van der Waals surface area contributed by atoms with Crippen molar-refractivity contribution < 1.29 is 25.2 Å². The summed E-state index contributed by atoms with van der Waals surface area (Å²) in [7, 11) is 0. The molecule has 4 rings (SSSR count). The Kier molecular flexibility index (Phi) is 6.69. The van der Waals surface area contributed by atoms with Crippen LogP contribution in [-0.4, -0.2) is 20.4 Å². The van der Waals surface area contributed by atoms with Crippen LogP contribution >= 0.6 is 0 Å². The Morgan fingerprint density at radius 2 is 1.12 bits per heavy atom. The third-order valence-electron chi connectivity index (χ3n) is 5.45. The van der Waals surface area contributed by atoms with E-state index in [1.165, 1.54) is 6.07 Å². The largest absolute Gasteiger partial charge is 0.508 e. The van der Waals surface area contributed by atoms with Crippen molar-refractivity contribution >= 4 is 0 Å². The molecule has 0 unspecified atom stereocenters. The maximum Gasteiger partial charge on any atom is 0.169 e. The first-order chi connectivity index (χ1) is 15.9. The van der Waals surface area contributed by atoms with Crippen LogP contribution in [0.15, 0.2) is 84.9 Å². The van der Waals surface area contributed by atoms with Crippen LogP contribution in [-0.2, 0) is 25.7 Å². The van der Waals surface area contributed by atoms with E-state index in [0.717, 1.165) is 41.5 Å². The SMILES string of the molecule is Oc1ccc(CCc2cc(O)cc(Oc3cc(CCc4cccc(O)c4)ccc3O)c2)cc1. The second-order valence-electron chi connectivity index (χ2n) is 8.08. The molecular formula is C28H26O5. The number of aryl methyl sites for hydroxylation is 4. The van der Waals surface area contributed by atoms with E-state index < -0.39 is 0 Å². The van der Waals surface area contributed by atoms with Crippen molar-refractivity contribution in [3.63, 3.8) is 0 Å². The van der Waals surface area contributed by atoms with Crippen molar-refractivity contribution in [1.29, 1.82) is 0 Å². The number of rotatable bonds is 8. The van der Waals surface area contributed by atoms with Gasteiger partial charge in [0.25, 0.3) is 0 Å². The molecule has 5 nitrogen and oxygen atoms in total. The zero-order valence-corrected chi connectivity index (χ0v) is 18.1. The van der Waals surface area contributed by atoms with Crippen LogP contribution in [0.4, 0.5) is 0 Å². The fraction of sp³-hybridized carbons (Fsp3) is 0.143. The molecule has 0 amide bonds. The van der Waals surface area contributed by atoms with Crippen molar-refractivity contribution in [2.24, 2.45) is 0 Å². The average Bonchev–Trinajstić information content (AvgIpc) is 2.79. The van der Waals surface area contributed by atoms with Crippen molar-refractivity contribution in [2.75, 3.05) is 0 Å². The summed E-state index contributed by atoms with van der Waals surface area (Å²) in [6.45, 7) is 0. The van der Waals surface area contributed by atoms with Gasteiger partial charge in [-0.25, -0.2) is 0 Å². The summed E-state index contributed by atoms with van der Waals surface area (Å²) in [5, 5.41) is 39.5. The van der Waals surface area contributed by atoms with Crippen LogP contribution < -0.4 is 4.74 Å². The molecular weight excluding hydrogens is 416 g/mol. The molecule has 5 heteroatoms. The lowest BCUT2D eigenvalue weighted by molar-refractivity contribution is 0.406. The summed E-state index contributed by atoms with van der Waals surface area (Å²) in [5.41, 5.74) is 3.99. The number of phenolic OH excluding ortho intramolecular Hbond substituents is 4. The average molecular weight is 443 g/mol. The normalized spacial score (nSPS) is 10.8. The first kappa shape index (κ1) is 22.1. The second kappa shape index (κ2) is 10.0. The summed E-state index contributed by atoms with van der Waals surface area (Å²) < 4.78 is 5.93. The van der Waals surface area contributed by atoms with Crippen LogP contribution in [0.3, 0.4) is 0 Å². The highest BCUT2D eigenvalue weighted by Gasteiger charge is 2.09. The lowest BCUT2D eigenvalue weighted by Crippen LogP contribution is -1.94. The second-order valence-corrected chi connectivity index (χ2v) is 8.08. The minimum atomic E-state index is 0.0186. The van der Waals surface area contributed by atoms with E-state index in [-0.39, 0.29) is 23.0 Å². The standard InChI is InChI=1S/C28H26O5/c29-23-11-8-19(9-12-23)4-7-22-15-25(31)18-26(16-22)33-28-17-21(10-13-27(28)32)6-5-20-2-1-3-24(30)14-20/h1-3,8-18,29-32H,4-7H2. The summed E-state index contributed by atoms with van der Waals surface area (Å²) in [4.78, 5) is 0. The first-order valence-electron chi connectivity index (χ1n) is 10.8. The van der Waals surface area contributed by atoms with Crippen LogP contribution in [0, 0.1) is 0 Å². The highest BCUT2D eigenvalue weighted by molar-refractivity contribution is 5.47. The summed E-state index contributed by atoms with van der Waals surface area (Å²) in [6.07, 6.45) is 2.90. The van der Waals surface area contributed by atoms with Crippen molar-refractivity contribution in [3.8, 4) is 34.5 Å². The molecule has 0 spiro atoms. The number of hydrogen-bond acceptors (Lipinski definition) is 5. The van der Waals surface area contributed by atoms with E-state index in [4.69, 9.17) is 4.74 Å². The van der Waals surface area contributed by atoms with E-state index in [9.17, 15) is 20.4 Å². The van der Waals surface area contributed by atoms with Gasteiger partial charge in [0, 0.05) is 6.07 Å². The summed E-state index contributed by atoms with van der Waals surface area (Å²) in [6, 6.07) is 24.5. The van der Waals surface area contributed by atoms with Gasteiger partial charge >= 0.3 is 0 Å². The first-order valence-corrected chi connectivity index (χ1v) is 10.8. The van der Waals surface area contributed by atoms with E-state index in [1.54, 1.807) is 42.5 Å². The Bertz CT molecular complexity index is 1230. The van der Waals surface area contributed by atoms with Crippen LogP contribution in [0.5, 0.6) is 34.5 Å². The lowest BCUT2D eigenvalue weighted by atomic mass is 10.0. The fourth-order valence-corrected chi connectivity index (χ4v) is 3.72. The van der Waals surface area contributed by atoms with Crippen molar-refractivity contribution in [1.82, 2.24) is 0 Å². The molecule has 4 N–H and O–H groups in total. The molecule has 0 aliphatic carbocycles. The number of benzene rings is 4. The summed E-state index contributed by atoms with van der Waals surface area (Å²) in [5.74, 6) is 1.34. The predicted octanol–water partition coefficient (Wildman–Crippen LogP) is 5.87. The van der Waals surface area contributed by atoms with Gasteiger partial charge in [-0.3, -0.25) is 0 Å². The minimum absolute atomic E-state index is 0.0186. The van der Waals surface area contributed by atoms with E-state index in [2.05, 4.69) is 0 Å². The zero-order chi connectivity index (χ0) is 23.2. The lowest BCUT2D eigenvalue weighted by Gasteiger charge is -2.12. The maximum atomic E-state index is 10.3. The van der Waals surface area contributed by atoms with Gasteiger partial charge in [-0.05, 0) is 96.5 Å². The summed E-state index contributed by atoms with van der Waals surface area (Å²) >= 11 is 0. The highest BCUT2D eigenvalue weighted by atomic mass is 16.5. The van der Waals surface area contributed by atoms with Crippen LogP contribution in [0.2, 0.25) is 0 Å². The van der Waals surface area contributed by atoms with Gasteiger partial charge in [0.2, 0.25) is 0 Å². The Balaban J connectivity index is 1.45. The van der Waals surface area contributed by atoms with Gasteiger partial charge < -0.3 is 25.2 Å². The Morgan fingerprint density at radius 3 is 1.88 bits per heavy atom. The molecule has 4 aromatic rings. The number of phenols is 4. The maximum absolute atomic E-state index is 10.3. The van der Waals surface area contributed by atoms with Crippen LogP contribution in [0.1, 0.15) is 22.3 Å². The molecule has 0 aromatic heterocycles. The molecule has 0 atom stereocenters. The Hall–Kier alpha value is -4.12. The molecule has 0 fully saturated rings.